The molecule has 0 aliphatic carbocycles. The van der Waals surface area contributed by atoms with Crippen molar-refractivity contribution in [3.05, 3.63) is 11.9 Å². The summed E-state index contributed by atoms with van der Waals surface area (Å²) in [5, 5.41) is 8.66. The Morgan fingerprint density at radius 2 is 2.22 bits per heavy atom. The first-order valence-electron chi connectivity index (χ1n) is 6.21. The average Bonchev–Trinajstić information content (AvgIpc) is 2.39. The van der Waals surface area contributed by atoms with Crippen LogP contribution in [0.15, 0.2) is 6.07 Å². The molecule has 6 heteroatoms. The highest BCUT2D eigenvalue weighted by Crippen LogP contribution is 2.16. The van der Waals surface area contributed by atoms with Gasteiger partial charge in [-0.25, -0.2) is 15.8 Å². The number of nitriles is 1. The van der Waals surface area contributed by atoms with E-state index in [1.165, 1.54) is 0 Å². The minimum Gasteiger partial charge on any atom is -0.356 e. The molecule has 0 aliphatic heterocycles. The van der Waals surface area contributed by atoms with Gasteiger partial charge in [0.25, 0.3) is 0 Å². The second kappa shape index (κ2) is 7.45. The van der Waals surface area contributed by atoms with Crippen molar-refractivity contribution in [1.29, 1.82) is 5.26 Å². The third kappa shape index (κ3) is 3.86. The summed E-state index contributed by atoms with van der Waals surface area (Å²) in [7, 11) is 0. The van der Waals surface area contributed by atoms with Gasteiger partial charge in [-0.2, -0.15) is 5.26 Å². The first-order chi connectivity index (χ1) is 8.74. The van der Waals surface area contributed by atoms with Crippen molar-refractivity contribution >= 4 is 11.6 Å². The lowest BCUT2D eigenvalue weighted by Crippen LogP contribution is -2.25. The predicted molar refractivity (Wildman–Crippen MR) is 72.0 cm³/mol. The van der Waals surface area contributed by atoms with Gasteiger partial charge in [0.2, 0.25) is 0 Å². The number of anilines is 2. The van der Waals surface area contributed by atoms with Crippen molar-refractivity contribution in [1.82, 2.24) is 9.97 Å². The Hall–Kier alpha value is -1.87. The van der Waals surface area contributed by atoms with Gasteiger partial charge in [-0.05, 0) is 13.3 Å². The highest BCUT2D eigenvalue weighted by atomic mass is 15.3. The Balaban J connectivity index is 2.97. The van der Waals surface area contributed by atoms with Gasteiger partial charge in [0.1, 0.15) is 17.5 Å². The van der Waals surface area contributed by atoms with Gasteiger partial charge in [0.05, 0.1) is 12.5 Å². The fraction of sp³-hybridized carbons (Fsp3) is 0.583. The van der Waals surface area contributed by atoms with E-state index in [-0.39, 0.29) is 0 Å². The number of aryl methyl sites for hydroxylation is 1. The van der Waals surface area contributed by atoms with E-state index in [9.17, 15) is 0 Å². The fourth-order valence-corrected chi connectivity index (χ4v) is 1.67. The Bertz CT molecular complexity index is 412. The SMILES string of the molecule is CCCc1nc(NN)cc(N(CC)CCC#N)n1. The molecular formula is C12H20N6. The van der Waals surface area contributed by atoms with Crippen LogP contribution in [-0.4, -0.2) is 23.1 Å². The van der Waals surface area contributed by atoms with Crippen molar-refractivity contribution in [2.75, 3.05) is 23.4 Å². The summed E-state index contributed by atoms with van der Waals surface area (Å²) in [6.07, 6.45) is 2.28. The van der Waals surface area contributed by atoms with Crippen LogP contribution in [0.25, 0.3) is 0 Å². The zero-order valence-corrected chi connectivity index (χ0v) is 11.0. The molecule has 3 N–H and O–H groups in total. The van der Waals surface area contributed by atoms with Crippen molar-refractivity contribution < 1.29 is 0 Å². The molecule has 0 amide bonds. The smallest absolute Gasteiger partial charge is 0.145 e. The highest BCUT2D eigenvalue weighted by Gasteiger charge is 2.09. The number of nitrogen functional groups attached to an aromatic ring is 1. The number of hydrogen-bond acceptors (Lipinski definition) is 6. The summed E-state index contributed by atoms with van der Waals surface area (Å²) in [4.78, 5) is 10.9. The number of rotatable bonds is 7. The van der Waals surface area contributed by atoms with E-state index < -0.39 is 0 Å². The molecule has 0 aliphatic rings. The topological polar surface area (TPSA) is 90.9 Å². The number of hydrazine groups is 1. The van der Waals surface area contributed by atoms with Gasteiger partial charge >= 0.3 is 0 Å². The molecule has 1 aromatic heterocycles. The minimum absolute atomic E-state index is 0.479. The monoisotopic (exact) mass is 248 g/mol. The molecule has 1 rings (SSSR count). The summed E-state index contributed by atoms with van der Waals surface area (Å²) in [5.74, 6) is 7.62. The maximum atomic E-state index is 8.66. The first-order valence-corrected chi connectivity index (χ1v) is 6.21. The largest absolute Gasteiger partial charge is 0.356 e. The average molecular weight is 248 g/mol. The standard InChI is InChI=1S/C12H20N6/c1-3-6-10-15-11(17-14)9-12(16-10)18(4-2)8-5-7-13/h9H,3-6,8,14H2,1-2H3,(H,15,16,17). The van der Waals surface area contributed by atoms with Crippen molar-refractivity contribution in [2.24, 2.45) is 5.84 Å². The Morgan fingerprint density at radius 3 is 2.78 bits per heavy atom. The van der Waals surface area contributed by atoms with Gasteiger partial charge in [0, 0.05) is 25.6 Å². The summed E-state index contributed by atoms with van der Waals surface area (Å²) >= 11 is 0. The molecule has 1 heterocycles. The maximum Gasteiger partial charge on any atom is 0.145 e. The third-order valence-electron chi connectivity index (χ3n) is 2.58. The van der Waals surface area contributed by atoms with Gasteiger partial charge < -0.3 is 10.3 Å². The molecule has 0 saturated heterocycles. The summed E-state index contributed by atoms with van der Waals surface area (Å²) < 4.78 is 0. The molecule has 0 saturated carbocycles. The molecule has 0 fully saturated rings. The van der Waals surface area contributed by atoms with E-state index in [1.807, 2.05) is 11.8 Å². The Labute approximate surface area is 108 Å². The van der Waals surface area contributed by atoms with Gasteiger partial charge in [-0.3, -0.25) is 0 Å². The molecule has 0 atom stereocenters. The van der Waals surface area contributed by atoms with Gasteiger partial charge in [-0.15, -0.1) is 0 Å². The highest BCUT2D eigenvalue weighted by molar-refractivity contribution is 5.48. The van der Waals surface area contributed by atoms with Crippen LogP contribution in [-0.2, 0) is 6.42 Å². The zero-order chi connectivity index (χ0) is 13.4. The quantitative estimate of drug-likeness (QED) is 0.560. The molecule has 18 heavy (non-hydrogen) atoms. The number of nitrogens with one attached hydrogen (secondary N) is 1. The van der Waals surface area contributed by atoms with Crippen LogP contribution in [0.5, 0.6) is 0 Å². The van der Waals surface area contributed by atoms with E-state index in [0.29, 0.717) is 18.8 Å². The maximum absolute atomic E-state index is 8.66. The molecule has 0 unspecified atom stereocenters. The number of aromatic nitrogens is 2. The molecule has 0 aromatic carbocycles. The zero-order valence-electron chi connectivity index (χ0n) is 11.0. The van der Waals surface area contributed by atoms with Gasteiger partial charge in [0.15, 0.2) is 0 Å². The summed E-state index contributed by atoms with van der Waals surface area (Å²) in [6.45, 7) is 5.58. The van der Waals surface area contributed by atoms with E-state index in [4.69, 9.17) is 11.1 Å². The summed E-state index contributed by atoms with van der Waals surface area (Å²) in [5.41, 5.74) is 2.56. The van der Waals surface area contributed by atoms with Crippen LogP contribution in [0.3, 0.4) is 0 Å². The third-order valence-corrected chi connectivity index (χ3v) is 2.58. The summed E-state index contributed by atoms with van der Waals surface area (Å²) in [6, 6.07) is 3.95. The van der Waals surface area contributed by atoms with E-state index >= 15 is 0 Å². The van der Waals surface area contributed by atoms with Gasteiger partial charge in [-0.1, -0.05) is 6.92 Å². The van der Waals surface area contributed by atoms with Crippen molar-refractivity contribution in [2.45, 2.75) is 33.1 Å². The number of hydrogen-bond donors (Lipinski definition) is 2. The van der Waals surface area contributed by atoms with Crippen LogP contribution in [0.2, 0.25) is 0 Å². The molecule has 0 bridgehead atoms. The normalized spacial score (nSPS) is 9.89. The molecule has 6 nitrogen and oxygen atoms in total. The van der Waals surface area contributed by atoms with E-state index in [1.54, 1.807) is 6.07 Å². The lowest BCUT2D eigenvalue weighted by molar-refractivity contribution is 0.780. The minimum atomic E-state index is 0.479. The number of nitrogens with two attached hydrogens (primary N) is 1. The lowest BCUT2D eigenvalue weighted by atomic mass is 10.3. The molecule has 1 aromatic rings. The van der Waals surface area contributed by atoms with Crippen molar-refractivity contribution in [3.8, 4) is 6.07 Å². The lowest BCUT2D eigenvalue weighted by Gasteiger charge is -2.21. The molecule has 0 radical (unpaired) electrons. The van der Waals surface area contributed by atoms with Crippen LogP contribution in [0.1, 0.15) is 32.5 Å². The van der Waals surface area contributed by atoms with Crippen molar-refractivity contribution in [3.63, 3.8) is 0 Å². The van der Waals surface area contributed by atoms with Crippen LogP contribution in [0, 0.1) is 11.3 Å². The fourth-order valence-electron chi connectivity index (χ4n) is 1.67. The predicted octanol–water partition coefficient (Wildman–Crippen LogP) is 1.45. The van der Waals surface area contributed by atoms with Crippen LogP contribution in [0.4, 0.5) is 11.6 Å². The number of nitrogens with zero attached hydrogens (tertiary/aromatic N) is 4. The Morgan fingerprint density at radius 1 is 1.44 bits per heavy atom. The molecule has 98 valence electrons. The second-order valence-corrected chi connectivity index (χ2v) is 3.91. The van der Waals surface area contributed by atoms with E-state index in [0.717, 1.165) is 31.0 Å². The van der Waals surface area contributed by atoms with Crippen LogP contribution >= 0.6 is 0 Å². The first kappa shape index (κ1) is 14.2. The van der Waals surface area contributed by atoms with E-state index in [2.05, 4.69) is 28.4 Å². The molecule has 0 spiro atoms. The Kier molecular flexibility index (Phi) is 5.88. The second-order valence-electron chi connectivity index (χ2n) is 3.91. The van der Waals surface area contributed by atoms with Crippen LogP contribution < -0.4 is 16.2 Å². The molecular weight excluding hydrogens is 228 g/mol.